The van der Waals surface area contributed by atoms with Crippen LogP contribution in [0.4, 0.5) is 0 Å². The van der Waals surface area contributed by atoms with Crippen LogP contribution < -0.4 is 5.32 Å². The lowest BCUT2D eigenvalue weighted by atomic mass is 9.97. The van der Waals surface area contributed by atoms with E-state index in [9.17, 15) is 4.79 Å². The van der Waals surface area contributed by atoms with Gasteiger partial charge >= 0.3 is 0 Å². The van der Waals surface area contributed by atoms with Crippen molar-refractivity contribution in [2.75, 3.05) is 6.54 Å². The topological polar surface area (TPSA) is 45.2 Å². The fourth-order valence-electron chi connectivity index (χ4n) is 3.06. The lowest BCUT2D eigenvalue weighted by Gasteiger charge is -2.37. The molecule has 2 aromatic rings. The van der Waals surface area contributed by atoms with Gasteiger partial charge in [-0.1, -0.05) is 34.1 Å². The van der Waals surface area contributed by atoms with Gasteiger partial charge in [0.15, 0.2) is 5.11 Å². The summed E-state index contributed by atoms with van der Waals surface area (Å²) in [6.45, 7) is 0.842. The first-order chi connectivity index (χ1) is 12.6. The molecule has 0 bridgehead atoms. The van der Waals surface area contributed by atoms with E-state index in [2.05, 4.69) is 37.2 Å². The summed E-state index contributed by atoms with van der Waals surface area (Å²) < 4.78 is 1.01. The van der Waals surface area contributed by atoms with Crippen molar-refractivity contribution in [2.45, 2.75) is 25.3 Å². The Balaban J connectivity index is 1.63. The van der Waals surface area contributed by atoms with Crippen LogP contribution >= 0.6 is 28.1 Å². The lowest BCUT2D eigenvalue weighted by Crippen LogP contribution is -2.46. The summed E-state index contributed by atoms with van der Waals surface area (Å²) in [5.41, 5.74) is 2.09. The molecule has 1 saturated heterocycles. The SMILES string of the molecule is O=C(C=Cc1ccc(Br)cc1)NC(=S)N1CCCC[C@@H]1c1cccnc1. The number of hydrogen-bond donors (Lipinski definition) is 1. The molecule has 3 rings (SSSR count). The van der Waals surface area contributed by atoms with Gasteiger partial charge in [0.2, 0.25) is 5.91 Å². The third-order valence-electron chi connectivity index (χ3n) is 4.36. The van der Waals surface area contributed by atoms with Gasteiger partial charge in [-0.25, -0.2) is 0 Å². The summed E-state index contributed by atoms with van der Waals surface area (Å²) in [5.74, 6) is -0.214. The van der Waals surface area contributed by atoms with Crippen molar-refractivity contribution in [3.8, 4) is 0 Å². The maximum absolute atomic E-state index is 12.2. The highest BCUT2D eigenvalue weighted by atomic mass is 79.9. The zero-order valence-electron chi connectivity index (χ0n) is 14.3. The number of pyridine rings is 1. The summed E-state index contributed by atoms with van der Waals surface area (Å²) in [7, 11) is 0. The Labute approximate surface area is 167 Å². The largest absolute Gasteiger partial charge is 0.342 e. The Hall–Kier alpha value is -2.05. The molecule has 134 valence electrons. The molecule has 1 aromatic carbocycles. The van der Waals surface area contributed by atoms with Crippen LogP contribution in [0, 0.1) is 0 Å². The minimum Gasteiger partial charge on any atom is -0.342 e. The molecule has 0 spiro atoms. The molecule has 1 aliphatic rings. The first-order valence-electron chi connectivity index (χ1n) is 8.58. The van der Waals surface area contributed by atoms with Crippen molar-refractivity contribution < 1.29 is 4.79 Å². The van der Waals surface area contributed by atoms with E-state index in [1.165, 1.54) is 6.08 Å². The Morgan fingerprint density at radius 2 is 2.08 bits per heavy atom. The fraction of sp³-hybridized carbons (Fsp3) is 0.250. The van der Waals surface area contributed by atoms with Crippen molar-refractivity contribution in [1.82, 2.24) is 15.2 Å². The molecule has 1 aromatic heterocycles. The Bertz CT molecular complexity index is 792. The van der Waals surface area contributed by atoms with Gasteiger partial charge in [-0.2, -0.15) is 0 Å². The second-order valence-corrected chi connectivity index (χ2v) is 7.47. The molecular formula is C20H20BrN3OS. The van der Waals surface area contributed by atoms with Gasteiger partial charge in [0.25, 0.3) is 0 Å². The number of benzene rings is 1. The number of rotatable bonds is 3. The number of likely N-dealkylation sites (tertiary alicyclic amines) is 1. The maximum Gasteiger partial charge on any atom is 0.250 e. The molecule has 1 fully saturated rings. The van der Waals surface area contributed by atoms with Crippen LogP contribution in [0.15, 0.2) is 59.3 Å². The van der Waals surface area contributed by atoms with Crippen molar-refractivity contribution >= 4 is 45.2 Å². The molecule has 6 heteroatoms. The first-order valence-corrected chi connectivity index (χ1v) is 9.79. The monoisotopic (exact) mass is 429 g/mol. The van der Waals surface area contributed by atoms with E-state index in [4.69, 9.17) is 12.2 Å². The molecule has 0 radical (unpaired) electrons. The van der Waals surface area contributed by atoms with Crippen LogP contribution in [-0.2, 0) is 4.79 Å². The van der Waals surface area contributed by atoms with E-state index < -0.39 is 0 Å². The predicted octanol–water partition coefficient (Wildman–Crippen LogP) is 4.49. The number of hydrogen-bond acceptors (Lipinski definition) is 3. The summed E-state index contributed by atoms with van der Waals surface area (Å²) in [5, 5.41) is 3.31. The number of carbonyl (C=O) groups is 1. The standard InChI is InChI=1S/C20H20BrN3OS/c21-17-9-6-15(7-10-17)8-11-19(25)23-20(26)24-13-2-1-5-18(24)16-4-3-12-22-14-16/h3-4,6-12,14,18H,1-2,5,13H2,(H,23,25,26)/t18-/m1/s1. The van der Waals surface area contributed by atoms with E-state index in [1.54, 1.807) is 12.3 Å². The van der Waals surface area contributed by atoms with Crippen molar-refractivity contribution in [2.24, 2.45) is 0 Å². The van der Waals surface area contributed by atoms with Gasteiger partial charge in [0, 0.05) is 29.5 Å². The summed E-state index contributed by atoms with van der Waals surface area (Å²) >= 11 is 8.91. The average molecular weight is 430 g/mol. The minimum atomic E-state index is -0.214. The van der Waals surface area contributed by atoms with Gasteiger partial charge in [-0.05, 0) is 66.9 Å². The fourth-order valence-corrected chi connectivity index (χ4v) is 3.64. The van der Waals surface area contributed by atoms with Crippen LogP contribution in [0.5, 0.6) is 0 Å². The molecule has 2 heterocycles. The van der Waals surface area contributed by atoms with E-state index in [-0.39, 0.29) is 11.9 Å². The Morgan fingerprint density at radius 3 is 2.81 bits per heavy atom. The summed E-state index contributed by atoms with van der Waals surface area (Å²) in [6, 6.07) is 11.9. The van der Waals surface area contributed by atoms with Crippen molar-refractivity contribution in [1.29, 1.82) is 0 Å². The molecule has 26 heavy (non-hydrogen) atoms. The van der Waals surface area contributed by atoms with Crippen LogP contribution in [-0.4, -0.2) is 27.4 Å². The number of thiocarbonyl (C=S) groups is 1. The number of piperidine rings is 1. The lowest BCUT2D eigenvalue weighted by molar-refractivity contribution is -0.115. The number of aromatic nitrogens is 1. The summed E-state index contributed by atoms with van der Waals surface area (Å²) in [4.78, 5) is 18.6. The predicted molar refractivity (Wildman–Crippen MR) is 111 cm³/mol. The highest BCUT2D eigenvalue weighted by Crippen LogP contribution is 2.30. The van der Waals surface area contributed by atoms with Crippen molar-refractivity contribution in [3.05, 3.63) is 70.5 Å². The van der Waals surface area contributed by atoms with Gasteiger partial charge in [-0.15, -0.1) is 0 Å². The quantitative estimate of drug-likeness (QED) is 0.576. The van der Waals surface area contributed by atoms with Gasteiger partial charge in [0.1, 0.15) is 0 Å². The molecule has 1 atom stereocenters. The zero-order chi connectivity index (χ0) is 18.4. The molecule has 1 amide bonds. The maximum atomic E-state index is 12.2. The molecule has 0 unspecified atom stereocenters. The second kappa shape index (κ2) is 9.05. The van der Waals surface area contributed by atoms with Crippen LogP contribution in [0.2, 0.25) is 0 Å². The number of nitrogens with zero attached hydrogens (tertiary/aromatic N) is 2. The number of nitrogens with one attached hydrogen (secondary N) is 1. The molecule has 1 N–H and O–H groups in total. The minimum absolute atomic E-state index is 0.167. The van der Waals surface area contributed by atoms with Crippen molar-refractivity contribution in [3.63, 3.8) is 0 Å². The first kappa shape index (κ1) is 18.7. The van der Waals surface area contributed by atoms with Gasteiger partial charge in [-0.3, -0.25) is 15.1 Å². The van der Waals surface area contributed by atoms with Crippen LogP contribution in [0.25, 0.3) is 6.08 Å². The molecule has 4 nitrogen and oxygen atoms in total. The van der Waals surface area contributed by atoms with E-state index in [0.717, 1.165) is 41.4 Å². The molecule has 0 aliphatic carbocycles. The van der Waals surface area contributed by atoms with E-state index >= 15 is 0 Å². The Morgan fingerprint density at radius 1 is 1.27 bits per heavy atom. The molecule has 0 saturated carbocycles. The highest BCUT2D eigenvalue weighted by molar-refractivity contribution is 9.10. The van der Waals surface area contributed by atoms with E-state index in [1.807, 2.05) is 36.5 Å². The summed E-state index contributed by atoms with van der Waals surface area (Å²) in [6.07, 6.45) is 10.2. The molecule has 1 aliphatic heterocycles. The van der Waals surface area contributed by atoms with E-state index in [0.29, 0.717) is 5.11 Å². The Kier molecular flexibility index (Phi) is 6.52. The average Bonchev–Trinajstić information content (AvgIpc) is 2.68. The number of amides is 1. The van der Waals surface area contributed by atoms with Crippen LogP contribution in [0.1, 0.15) is 36.4 Å². The zero-order valence-corrected chi connectivity index (χ0v) is 16.7. The third kappa shape index (κ3) is 4.99. The number of carbonyl (C=O) groups excluding carboxylic acids is 1. The molecular weight excluding hydrogens is 410 g/mol. The van der Waals surface area contributed by atoms with Crippen LogP contribution in [0.3, 0.4) is 0 Å². The van der Waals surface area contributed by atoms with Gasteiger partial charge < -0.3 is 4.90 Å². The van der Waals surface area contributed by atoms with Gasteiger partial charge in [0.05, 0.1) is 6.04 Å². The normalized spacial score (nSPS) is 17.3. The smallest absolute Gasteiger partial charge is 0.250 e. The highest BCUT2D eigenvalue weighted by Gasteiger charge is 2.26. The number of halogens is 1. The second-order valence-electron chi connectivity index (χ2n) is 6.17. The third-order valence-corrected chi connectivity index (χ3v) is 5.23.